The van der Waals surface area contributed by atoms with Crippen molar-refractivity contribution < 1.29 is 19.1 Å². The van der Waals surface area contributed by atoms with E-state index < -0.39 is 0 Å². The van der Waals surface area contributed by atoms with Gasteiger partial charge < -0.3 is 20.1 Å². The van der Waals surface area contributed by atoms with Crippen molar-refractivity contribution in [1.29, 1.82) is 0 Å². The zero-order valence-corrected chi connectivity index (χ0v) is 17.0. The van der Waals surface area contributed by atoms with E-state index in [0.717, 1.165) is 22.6 Å². The summed E-state index contributed by atoms with van der Waals surface area (Å²) < 4.78 is 11.3. The minimum atomic E-state index is -0.116. The summed E-state index contributed by atoms with van der Waals surface area (Å²) in [5, 5.41) is 6.08. The number of benzene rings is 2. The second-order valence-electron chi connectivity index (χ2n) is 6.23. The van der Waals surface area contributed by atoms with E-state index in [9.17, 15) is 9.59 Å². The van der Waals surface area contributed by atoms with E-state index in [4.69, 9.17) is 21.1 Å². The summed E-state index contributed by atoms with van der Waals surface area (Å²) in [7, 11) is 0. The van der Waals surface area contributed by atoms with Gasteiger partial charge in [0, 0.05) is 30.5 Å². The maximum absolute atomic E-state index is 12.2. The average Bonchev–Trinajstić information content (AvgIpc) is 2.91. The summed E-state index contributed by atoms with van der Waals surface area (Å²) in [6.45, 7) is 2.98. The van der Waals surface area contributed by atoms with Gasteiger partial charge in [-0.15, -0.1) is 11.8 Å². The second-order valence-corrected chi connectivity index (χ2v) is 7.68. The number of anilines is 1. The molecule has 148 valence electrons. The molecule has 0 saturated heterocycles. The Balaban J connectivity index is 1.50. The van der Waals surface area contributed by atoms with Crippen molar-refractivity contribution in [3.05, 3.63) is 47.0 Å². The Morgan fingerprint density at radius 2 is 1.89 bits per heavy atom. The fourth-order valence-corrected chi connectivity index (χ4v) is 3.64. The van der Waals surface area contributed by atoms with Crippen LogP contribution < -0.4 is 20.1 Å². The fraction of sp³-hybridized carbons (Fsp3) is 0.300. The first-order chi connectivity index (χ1) is 13.5. The van der Waals surface area contributed by atoms with Gasteiger partial charge in [0.1, 0.15) is 0 Å². The lowest BCUT2D eigenvalue weighted by Gasteiger charge is -2.12. The number of amides is 2. The molecule has 8 heteroatoms. The Bertz CT molecular complexity index is 858. The largest absolute Gasteiger partial charge is 0.489 e. The van der Waals surface area contributed by atoms with Crippen LogP contribution in [0.15, 0.2) is 41.3 Å². The number of thioether (sulfide) groups is 1. The molecule has 1 aliphatic heterocycles. The maximum Gasteiger partial charge on any atom is 0.230 e. The number of fused-ring (bicyclic) bond motifs is 1. The predicted octanol–water partition coefficient (Wildman–Crippen LogP) is 3.87. The summed E-state index contributed by atoms with van der Waals surface area (Å²) in [4.78, 5) is 24.1. The van der Waals surface area contributed by atoms with Crippen molar-refractivity contribution in [3.63, 3.8) is 0 Å². The number of hydrogen-bond donors (Lipinski definition) is 2. The number of carbonyl (C=O) groups excluding carboxylic acids is 2. The highest BCUT2D eigenvalue weighted by molar-refractivity contribution is 8.00. The first-order valence-electron chi connectivity index (χ1n) is 8.86. The molecule has 0 radical (unpaired) electrons. The molecule has 3 rings (SSSR count). The van der Waals surface area contributed by atoms with Crippen LogP contribution >= 0.6 is 23.4 Å². The van der Waals surface area contributed by atoms with Crippen molar-refractivity contribution in [2.24, 2.45) is 0 Å². The third kappa shape index (κ3) is 5.81. The van der Waals surface area contributed by atoms with Crippen LogP contribution in [0.25, 0.3) is 0 Å². The average molecular weight is 421 g/mol. The summed E-state index contributed by atoms with van der Waals surface area (Å²) >= 11 is 7.70. The van der Waals surface area contributed by atoms with Crippen LogP contribution in [0, 0.1) is 0 Å². The van der Waals surface area contributed by atoms with E-state index in [1.807, 2.05) is 18.2 Å². The third-order valence-electron chi connectivity index (χ3n) is 3.90. The molecule has 1 aliphatic rings. The van der Waals surface area contributed by atoms with Gasteiger partial charge in [0.15, 0.2) is 11.5 Å². The molecule has 0 spiro atoms. The molecular formula is C20H21ClN2O4S. The van der Waals surface area contributed by atoms with Crippen molar-refractivity contribution in [2.45, 2.75) is 24.8 Å². The first-order valence-corrected chi connectivity index (χ1v) is 10.2. The Morgan fingerprint density at radius 1 is 1.14 bits per heavy atom. The molecular weight excluding hydrogens is 400 g/mol. The van der Waals surface area contributed by atoms with E-state index in [0.29, 0.717) is 36.3 Å². The summed E-state index contributed by atoms with van der Waals surface area (Å²) in [5.74, 6) is 1.27. The van der Waals surface area contributed by atoms with Gasteiger partial charge in [0.05, 0.1) is 24.0 Å². The van der Waals surface area contributed by atoms with Crippen LogP contribution in [-0.2, 0) is 16.1 Å². The lowest BCUT2D eigenvalue weighted by Crippen LogP contribution is -2.24. The molecule has 2 amide bonds. The van der Waals surface area contributed by atoms with E-state index in [2.05, 4.69) is 10.6 Å². The van der Waals surface area contributed by atoms with Gasteiger partial charge in [-0.25, -0.2) is 0 Å². The quantitative estimate of drug-likeness (QED) is 0.694. The van der Waals surface area contributed by atoms with Crippen LogP contribution in [0.1, 0.15) is 18.9 Å². The molecule has 2 N–H and O–H groups in total. The SMILES string of the molecule is CC(=O)Nc1ccc(SCC(=O)NCc2cc(Cl)c3c(c2)OCCCO3)cc1. The van der Waals surface area contributed by atoms with Crippen molar-refractivity contribution >= 4 is 40.9 Å². The highest BCUT2D eigenvalue weighted by atomic mass is 35.5. The second kappa shape index (κ2) is 9.71. The lowest BCUT2D eigenvalue weighted by molar-refractivity contribution is -0.118. The fourth-order valence-electron chi connectivity index (χ4n) is 2.62. The number of carbonyl (C=O) groups is 2. The molecule has 2 aromatic carbocycles. The topological polar surface area (TPSA) is 76.7 Å². The number of rotatable bonds is 6. The third-order valence-corrected chi connectivity index (χ3v) is 5.19. The van der Waals surface area contributed by atoms with Gasteiger partial charge in [-0.3, -0.25) is 9.59 Å². The Labute approximate surface area is 172 Å². The van der Waals surface area contributed by atoms with E-state index >= 15 is 0 Å². The molecule has 0 fully saturated rings. The summed E-state index contributed by atoms with van der Waals surface area (Å²) in [6, 6.07) is 11.0. The number of nitrogens with one attached hydrogen (secondary N) is 2. The zero-order valence-electron chi connectivity index (χ0n) is 15.4. The highest BCUT2D eigenvalue weighted by Gasteiger charge is 2.16. The van der Waals surface area contributed by atoms with Gasteiger partial charge in [-0.05, 0) is 42.0 Å². The first kappa shape index (κ1) is 20.4. The Kier molecular flexibility index (Phi) is 7.06. The Morgan fingerprint density at radius 3 is 2.64 bits per heavy atom. The molecule has 0 bridgehead atoms. The van der Waals surface area contributed by atoms with Crippen molar-refractivity contribution in [1.82, 2.24) is 5.32 Å². The highest BCUT2D eigenvalue weighted by Crippen LogP contribution is 2.37. The molecule has 1 heterocycles. The van der Waals surface area contributed by atoms with E-state index in [1.54, 1.807) is 18.2 Å². The van der Waals surface area contributed by atoms with Gasteiger partial charge in [0.2, 0.25) is 11.8 Å². The molecule has 0 atom stereocenters. The normalized spacial score (nSPS) is 12.8. The molecule has 2 aromatic rings. The lowest BCUT2D eigenvalue weighted by atomic mass is 10.2. The van der Waals surface area contributed by atoms with Crippen molar-refractivity contribution in [3.8, 4) is 11.5 Å². The van der Waals surface area contributed by atoms with Gasteiger partial charge in [0.25, 0.3) is 0 Å². The number of halogens is 1. The summed E-state index contributed by atoms with van der Waals surface area (Å²) in [6.07, 6.45) is 0.806. The number of ether oxygens (including phenoxy) is 2. The Hall–Kier alpha value is -2.38. The van der Waals surface area contributed by atoms with Gasteiger partial charge >= 0.3 is 0 Å². The maximum atomic E-state index is 12.2. The van der Waals surface area contributed by atoms with E-state index in [1.165, 1.54) is 18.7 Å². The van der Waals surface area contributed by atoms with Crippen LogP contribution in [0.2, 0.25) is 5.02 Å². The minimum Gasteiger partial charge on any atom is -0.489 e. The summed E-state index contributed by atoms with van der Waals surface area (Å²) in [5.41, 5.74) is 1.58. The van der Waals surface area contributed by atoms with Gasteiger partial charge in [-0.2, -0.15) is 0 Å². The molecule has 0 unspecified atom stereocenters. The number of hydrogen-bond acceptors (Lipinski definition) is 5. The van der Waals surface area contributed by atoms with Crippen molar-refractivity contribution in [2.75, 3.05) is 24.3 Å². The predicted molar refractivity (Wildman–Crippen MR) is 110 cm³/mol. The molecule has 6 nitrogen and oxygen atoms in total. The smallest absolute Gasteiger partial charge is 0.230 e. The molecule has 0 aromatic heterocycles. The zero-order chi connectivity index (χ0) is 19.9. The van der Waals surface area contributed by atoms with Crippen LogP contribution in [0.4, 0.5) is 5.69 Å². The van der Waals surface area contributed by atoms with Crippen LogP contribution in [0.5, 0.6) is 11.5 Å². The monoisotopic (exact) mass is 420 g/mol. The molecule has 0 aliphatic carbocycles. The standard InChI is InChI=1S/C20H21ClN2O4S/c1-13(24)23-15-3-5-16(6-4-15)28-12-19(25)22-11-14-9-17(21)20-18(10-14)26-7-2-8-27-20/h3-6,9-10H,2,7-8,11-12H2,1H3,(H,22,25)(H,23,24). The van der Waals surface area contributed by atoms with Crippen LogP contribution in [-0.4, -0.2) is 30.8 Å². The molecule has 28 heavy (non-hydrogen) atoms. The minimum absolute atomic E-state index is 0.0841. The van der Waals surface area contributed by atoms with E-state index in [-0.39, 0.29) is 17.6 Å². The molecule has 0 saturated carbocycles. The van der Waals surface area contributed by atoms with Crippen LogP contribution in [0.3, 0.4) is 0 Å². The van der Waals surface area contributed by atoms with Gasteiger partial charge in [-0.1, -0.05) is 11.6 Å².